The zero-order chi connectivity index (χ0) is 23.3. The minimum absolute atomic E-state index is 0.0941. The fraction of sp³-hybridized carbons (Fsp3) is 0.0870. The molecule has 0 bridgehead atoms. The molecule has 0 atom stereocenters. The van der Waals surface area contributed by atoms with Crippen LogP contribution in [0.1, 0.15) is 15.2 Å². The van der Waals surface area contributed by atoms with Crippen molar-refractivity contribution in [2.75, 3.05) is 7.11 Å². The van der Waals surface area contributed by atoms with Crippen molar-refractivity contribution in [3.63, 3.8) is 0 Å². The number of halogens is 1. The number of rotatable bonds is 5. The second-order valence-electron chi connectivity index (χ2n) is 7.35. The van der Waals surface area contributed by atoms with Gasteiger partial charge in [0.15, 0.2) is 5.82 Å². The van der Waals surface area contributed by atoms with Gasteiger partial charge in [0.05, 0.1) is 30.2 Å². The predicted molar refractivity (Wildman–Crippen MR) is 123 cm³/mol. The molecule has 0 saturated heterocycles. The SMILES string of the molecule is COc1cc(F)c(-n2c(=O)[nH]c3csc(C(=O)O)c3c2=O)cc1Cn1ccc2ccccc21. The highest BCUT2D eigenvalue weighted by Gasteiger charge is 2.22. The Balaban J connectivity index is 1.72. The first-order valence-corrected chi connectivity index (χ1v) is 10.7. The molecule has 166 valence electrons. The van der Waals surface area contributed by atoms with Crippen LogP contribution in [0.2, 0.25) is 0 Å². The minimum atomic E-state index is -1.30. The smallest absolute Gasteiger partial charge is 0.346 e. The highest BCUT2D eigenvalue weighted by molar-refractivity contribution is 7.13. The summed E-state index contributed by atoms with van der Waals surface area (Å²) in [4.78, 5) is 39.6. The van der Waals surface area contributed by atoms with E-state index in [1.165, 1.54) is 18.6 Å². The van der Waals surface area contributed by atoms with E-state index in [0.29, 0.717) is 10.1 Å². The molecule has 0 fully saturated rings. The van der Waals surface area contributed by atoms with Crippen molar-refractivity contribution in [1.29, 1.82) is 0 Å². The number of hydrogen-bond acceptors (Lipinski definition) is 5. The number of aromatic carboxylic acids is 1. The van der Waals surface area contributed by atoms with E-state index in [1.54, 1.807) is 0 Å². The van der Waals surface area contributed by atoms with Crippen molar-refractivity contribution < 1.29 is 19.0 Å². The van der Waals surface area contributed by atoms with E-state index in [4.69, 9.17) is 4.74 Å². The Morgan fingerprint density at radius 1 is 1.21 bits per heavy atom. The van der Waals surface area contributed by atoms with Crippen molar-refractivity contribution in [3.8, 4) is 11.4 Å². The van der Waals surface area contributed by atoms with Crippen LogP contribution in [0, 0.1) is 5.82 Å². The Kier molecular flexibility index (Phi) is 4.86. The molecule has 5 rings (SSSR count). The molecular formula is C23H16FN3O5S. The summed E-state index contributed by atoms with van der Waals surface area (Å²) in [6.45, 7) is 0.289. The van der Waals surface area contributed by atoms with Crippen LogP contribution in [0.5, 0.6) is 5.75 Å². The third-order valence-corrected chi connectivity index (χ3v) is 6.43. The number of nitrogens with zero attached hydrogens (tertiary/aromatic N) is 2. The number of H-pyrrole nitrogens is 1. The Hall–Kier alpha value is -4.18. The van der Waals surface area contributed by atoms with E-state index in [2.05, 4.69) is 4.98 Å². The zero-order valence-corrected chi connectivity index (χ0v) is 18.0. The number of aromatic amines is 1. The van der Waals surface area contributed by atoms with Crippen molar-refractivity contribution in [1.82, 2.24) is 14.1 Å². The van der Waals surface area contributed by atoms with Gasteiger partial charge in [0.25, 0.3) is 5.56 Å². The van der Waals surface area contributed by atoms with E-state index < -0.39 is 23.0 Å². The lowest BCUT2D eigenvalue weighted by Gasteiger charge is -2.14. The van der Waals surface area contributed by atoms with Crippen LogP contribution in [0.15, 0.2) is 63.6 Å². The third kappa shape index (κ3) is 3.31. The van der Waals surface area contributed by atoms with Crippen LogP contribution in [0.25, 0.3) is 27.5 Å². The number of benzene rings is 2. The maximum absolute atomic E-state index is 15.1. The van der Waals surface area contributed by atoms with Gasteiger partial charge in [0.1, 0.15) is 10.6 Å². The van der Waals surface area contributed by atoms with Gasteiger partial charge in [-0.1, -0.05) is 18.2 Å². The van der Waals surface area contributed by atoms with E-state index >= 15 is 4.39 Å². The van der Waals surface area contributed by atoms with Gasteiger partial charge in [-0.25, -0.2) is 18.5 Å². The van der Waals surface area contributed by atoms with Gasteiger partial charge < -0.3 is 19.4 Å². The summed E-state index contributed by atoms with van der Waals surface area (Å²) in [6.07, 6.45) is 1.88. The fourth-order valence-corrected chi connectivity index (χ4v) is 4.78. The summed E-state index contributed by atoms with van der Waals surface area (Å²) in [5.41, 5.74) is -0.497. The molecule has 33 heavy (non-hydrogen) atoms. The summed E-state index contributed by atoms with van der Waals surface area (Å²) in [7, 11) is 1.40. The van der Waals surface area contributed by atoms with Crippen LogP contribution in [-0.2, 0) is 6.54 Å². The summed E-state index contributed by atoms with van der Waals surface area (Å²) in [6, 6.07) is 12.2. The van der Waals surface area contributed by atoms with E-state index in [-0.39, 0.29) is 33.8 Å². The molecule has 5 aromatic rings. The Morgan fingerprint density at radius 3 is 2.76 bits per heavy atom. The minimum Gasteiger partial charge on any atom is -0.496 e. The second-order valence-corrected chi connectivity index (χ2v) is 8.23. The van der Waals surface area contributed by atoms with Crippen LogP contribution < -0.4 is 16.0 Å². The lowest BCUT2D eigenvalue weighted by atomic mass is 10.1. The molecule has 0 amide bonds. The number of methoxy groups -OCH3 is 1. The third-order valence-electron chi connectivity index (χ3n) is 5.46. The van der Waals surface area contributed by atoms with Gasteiger partial charge in [-0.3, -0.25) is 4.79 Å². The van der Waals surface area contributed by atoms with Crippen LogP contribution in [-0.4, -0.2) is 32.3 Å². The maximum Gasteiger partial charge on any atom is 0.346 e. The monoisotopic (exact) mass is 465 g/mol. The number of carboxylic acid groups (broad SMARTS) is 1. The number of nitrogens with one attached hydrogen (secondary N) is 1. The molecule has 0 aliphatic carbocycles. The van der Waals surface area contributed by atoms with Gasteiger partial charge in [-0.05, 0) is 23.6 Å². The van der Waals surface area contributed by atoms with Gasteiger partial charge in [0, 0.05) is 28.7 Å². The topological polar surface area (TPSA) is 106 Å². The molecule has 3 aromatic heterocycles. The van der Waals surface area contributed by atoms with Crippen molar-refractivity contribution in [2.45, 2.75) is 6.54 Å². The van der Waals surface area contributed by atoms with Gasteiger partial charge in [0.2, 0.25) is 0 Å². The molecule has 0 saturated carbocycles. The highest BCUT2D eigenvalue weighted by atomic mass is 32.1. The first-order chi connectivity index (χ1) is 15.9. The number of carboxylic acids is 1. The lowest BCUT2D eigenvalue weighted by Crippen LogP contribution is -2.34. The zero-order valence-electron chi connectivity index (χ0n) is 17.2. The first kappa shape index (κ1) is 20.7. The summed E-state index contributed by atoms with van der Waals surface area (Å²) in [5.74, 6) is -1.91. The lowest BCUT2D eigenvalue weighted by molar-refractivity contribution is 0.0704. The molecule has 8 nitrogen and oxygen atoms in total. The number of fused-ring (bicyclic) bond motifs is 2. The number of carbonyl (C=O) groups is 1. The van der Waals surface area contributed by atoms with Gasteiger partial charge in [-0.15, -0.1) is 11.3 Å². The Morgan fingerprint density at radius 2 is 2.00 bits per heavy atom. The van der Waals surface area contributed by atoms with Crippen molar-refractivity contribution in [2.24, 2.45) is 0 Å². The van der Waals surface area contributed by atoms with Gasteiger partial charge in [-0.2, -0.15) is 0 Å². The average molecular weight is 465 g/mol. The molecular weight excluding hydrogens is 449 g/mol. The number of aromatic nitrogens is 3. The summed E-state index contributed by atoms with van der Waals surface area (Å²) in [5, 5.41) is 11.6. The predicted octanol–water partition coefficient (Wildman–Crippen LogP) is 3.59. The highest BCUT2D eigenvalue weighted by Crippen LogP contribution is 2.28. The summed E-state index contributed by atoms with van der Waals surface area (Å²) < 4.78 is 23.0. The molecule has 0 aliphatic rings. The van der Waals surface area contributed by atoms with Gasteiger partial charge >= 0.3 is 11.7 Å². The number of para-hydroxylation sites is 1. The number of hydrogen-bond donors (Lipinski definition) is 2. The van der Waals surface area contributed by atoms with Crippen LogP contribution >= 0.6 is 11.3 Å². The normalized spacial score (nSPS) is 11.3. The van der Waals surface area contributed by atoms with E-state index in [9.17, 15) is 19.5 Å². The van der Waals surface area contributed by atoms with Crippen molar-refractivity contribution in [3.05, 3.63) is 91.1 Å². The molecule has 0 aliphatic heterocycles. The molecule has 10 heteroatoms. The van der Waals surface area contributed by atoms with E-state index in [0.717, 1.165) is 28.3 Å². The van der Waals surface area contributed by atoms with Crippen LogP contribution in [0.3, 0.4) is 0 Å². The van der Waals surface area contributed by atoms with Crippen LogP contribution in [0.4, 0.5) is 4.39 Å². The molecule has 2 N–H and O–H groups in total. The average Bonchev–Trinajstić information content (AvgIpc) is 3.40. The van der Waals surface area contributed by atoms with E-state index in [1.807, 2.05) is 41.1 Å². The first-order valence-electron chi connectivity index (χ1n) is 9.79. The second kappa shape index (κ2) is 7.75. The maximum atomic E-state index is 15.1. The fourth-order valence-electron chi connectivity index (χ4n) is 3.95. The standard InChI is InChI=1S/C23H16FN3O5S/c1-32-18-9-14(24)17(8-13(18)10-26-7-6-12-4-2-3-5-16(12)26)27-21(28)19-15(25-23(27)31)11-33-20(19)22(29)30/h2-9,11H,10H2,1H3,(H,25,31)(H,29,30). The molecule has 0 radical (unpaired) electrons. The molecule has 0 unspecified atom stereocenters. The summed E-state index contributed by atoms with van der Waals surface area (Å²) >= 11 is 0.815. The molecule has 0 spiro atoms. The quantitative estimate of drug-likeness (QED) is 0.413. The Labute approximate surface area is 188 Å². The largest absolute Gasteiger partial charge is 0.496 e. The molecule has 3 heterocycles. The van der Waals surface area contributed by atoms with Crippen molar-refractivity contribution >= 4 is 39.1 Å². The number of ether oxygens (including phenoxy) is 1. The molecule has 2 aromatic carbocycles. The number of thiophene rings is 1. The Bertz CT molecular complexity index is 1680.